The first kappa shape index (κ1) is 28.8. The molecule has 9 heteroatoms. The summed E-state index contributed by atoms with van der Waals surface area (Å²) in [5, 5.41) is 4.36. The Kier molecular flexibility index (Phi) is 12.2. The van der Waals surface area contributed by atoms with Gasteiger partial charge in [0, 0.05) is 18.0 Å². The van der Waals surface area contributed by atoms with Crippen molar-refractivity contribution in [1.82, 2.24) is 10.4 Å². The van der Waals surface area contributed by atoms with E-state index in [-0.39, 0.29) is 12.5 Å². The van der Waals surface area contributed by atoms with E-state index in [2.05, 4.69) is 22.4 Å². The van der Waals surface area contributed by atoms with Crippen LogP contribution in [0.5, 0.6) is 23.0 Å². The number of hydrogen-bond acceptors (Lipinski definition) is 7. The van der Waals surface area contributed by atoms with Crippen LogP contribution in [0.15, 0.2) is 66.0 Å². The number of rotatable bonds is 16. The monoisotopic (exact) mass is 539 g/mol. The van der Waals surface area contributed by atoms with Gasteiger partial charge in [-0.3, -0.25) is 9.78 Å². The van der Waals surface area contributed by atoms with E-state index in [4.69, 9.17) is 30.5 Å². The summed E-state index contributed by atoms with van der Waals surface area (Å²) in [5.74, 6) is 2.11. The van der Waals surface area contributed by atoms with Gasteiger partial charge in [-0.05, 0) is 67.4 Å². The third-order valence-corrected chi connectivity index (χ3v) is 5.62. The van der Waals surface area contributed by atoms with Crippen molar-refractivity contribution in [2.75, 3.05) is 26.4 Å². The highest BCUT2D eigenvalue weighted by molar-refractivity contribution is 6.32. The van der Waals surface area contributed by atoms with Crippen LogP contribution in [-0.2, 0) is 0 Å². The molecular weight excluding hydrogens is 506 g/mol. The first-order valence-corrected chi connectivity index (χ1v) is 13.2. The molecule has 1 aromatic heterocycles. The number of carbonyl (C=O) groups excluding carboxylic acids is 1. The van der Waals surface area contributed by atoms with Gasteiger partial charge in [-0.1, -0.05) is 37.8 Å². The predicted octanol–water partition coefficient (Wildman–Crippen LogP) is 6.31. The fourth-order valence-electron chi connectivity index (χ4n) is 3.45. The van der Waals surface area contributed by atoms with E-state index < -0.39 is 0 Å². The lowest BCUT2D eigenvalue weighted by atomic mass is 10.2. The molecule has 0 saturated carbocycles. The van der Waals surface area contributed by atoms with Gasteiger partial charge < -0.3 is 18.9 Å². The van der Waals surface area contributed by atoms with Gasteiger partial charge in [-0.25, -0.2) is 5.43 Å². The Morgan fingerprint density at radius 3 is 2.26 bits per heavy atom. The van der Waals surface area contributed by atoms with Gasteiger partial charge in [0.1, 0.15) is 24.7 Å². The summed E-state index contributed by atoms with van der Waals surface area (Å²) >= 11 is 6.47. The molecule has 0 fully saturated rings. The number of hydrazone groups is 1. The average molecular weight is 540 g/mol. The second kappa shape index (κ2) is 16.1. The molecule has 1 N–H and O–H groups in total. The smallest absolute Gasteiger partial charge is 0.271 e. The predicted molar refractivity (Wildman–Crippen MR) is 149 cm³/mol. The quantitative estimate of drug-likeness (QED) is 0.130. The lowest BCUT2D eigenvalue weighted by molar-refractivity contribution is 0.0955. The fraction of sp³-hybridized carbons (Fsp3) is 0.345. The van der Waals surface area contributed by atoms with E-state index in [1.165, 1.54) is 25.5 Å². The molecule has 0 saturated heterocycles. The third-order valence-electron chi connectivity index (χ3n) is 5.34. The molecule has 0 aliphatic carbocycles. The molecule has 1 amide bonds. The van der Waals surface area contributed by atoms with E-state index in [9.17, 15) is 4.79 Å². The number of halogens is 1. The van der Waals surface area contributed by atoms with Crippen LogP contribution in [-0.4, -0.2) is 43.5 Å². The summed E-state index contributed by atoms with van der Waals surface area (Å²) in [7, 11) is 0. The van der Waals surface area contributed by atoms with Gasteiger partial charge in [0.2, 0.25) is 0 Å². The largest absolute Gasteiger partial charge is 0.494 e. The van der Waals surface area contributed by atoms with Crippen LogP contribution < -0.4 is 24.4 Å². The molecule has 0 unspecified atom stereocenters. The van der Waals surface area contributed by atoms with E-state index >= 15 is 0 Å². The van der Waals surface area contributed by atoms with Crippen molar-refractivity contribution in [2.45, 2.75) is 39.5 Å². The van der Waals surface area contributed by atoms with E-state index in [0.29, 0.717) is 40.9 Å². The number of unbranched alkanes of at least 4 members (excludes halogenated alkanes) is 3. The van der Waals surface area contributed by atoms with Gasteiger partial charge in [0.05, 0.1) is 24.5 Å². The van der Waals surface area contributed by atoms with E-state index in [1.807, 2.05) is 31.2 Å². The van der Waals surface area contributed by atoms with Crippen LogP contribution >= 0.6 is 11.6 Å². The highest BCUT2D eigenvalue weighted by Crippen LogP contribution is 2.36. The van der Waals surface area contributed by atoms with Crippen molar-refractivity contribution in [2.24, 2.45) is 5.10 Å². The SMILES string of the molecule is CCCCCCOc1ccc(OCCOc2c(Cl)cc(/C=N/NC(=O)c3ccncc3)cc2OCC)cc1. The van der Waals surface area contributed by atoms with Crippen LogP contribution in [0.1, 0.15) is 55.5 Å². The maximum Gasteiger partial charge on any atom is 0.271 e. The Morgan fingerprint density at radius 1 is 0.895 bits per heavy atom. The molecule has 2 aromatic carbocycles. The first-order valence-electron chi connectivity index (χ1n) is 12.8. The Labute approximate surface area is 228 Å². The van der Waals surface area contributed by atoms with Crippen LogP contribution in [0.2, 0.25) is 5.02 Å². The van der Waals surface area contributed by atoms with Crippen molar-refractivity contribution in [3.63, 3.8) is 0 Å². The average Bonchev–Trinajstić information content (AvgIpc) is 2.93. The molecule has 0 radical (unpaired) electrons. The van der Waals surface area contributed by atoms with Crippen molar-refractivity contribution in [1.29, 1.82) is 0 Å². The number of nitrogens with zero attached hydrogens (tertiary/aromatic N) is 2. The van der Waals surface area contributed by atoms with Gasteiger partial charge in [0.15, 0.2) is 11.5 Å². The Morgan fingerprint density at radius 2 is 1.58 bits per heavy atom. The minimum atomic E-state index is -0.343. The molecule has 0 bridgehead atoms. The summed E-state index contributed by atoms with van der Waals surface area (Å²) in [5.41, 5.74) is 3.57. The minimum absolute atomic E-state index is 0.269. The molecule has 0 aliphatic heterocycles. The zero-order valence-electron chi connectivity index (χ0n) is 21.8. The maximum absolute atomic E-state index is 12.1. The van der Waals surface area contributed by atoms with Crippen LogP contribution in [0.4, 0.5) is 0 Å². The molecule has 0 atom stereocenters. The first-order chi connectivity index (χ1) is 18.6. The third kappa shape index (κ3) is 9.59. The Balaban J connectivity index is 1.49. The summed E-state index contributed by atoms with van der Waals surface area (Å²) in [4.78, 5) is 16.0. The number of carbonyl (C=O) groups is 1. The Bertz CT molecular complexity index is 1160. The number of ether oxygens (including phenoxy) is 4. The minimum Gasteiger partial charge on any atom is -0.494 e. The van der Waals surface area contributed by atoms with Crippen LogP contribution in [0.3, 0.4) is 0 Å². The van der Waals surface area contributed by atoms with Crippen molar-refractivity contribution < 1.29 is 23.7 Å². The second-order valence-electron chi connectivity index (χ2n) is 8.28. The highest BCUT2D eigenvalue weighted by atomic mass is 35.5. The fourth-order valence-corrected chi connectivity index (χ4v) is 3.73. The molecular formula is C29H34ClN3O5. The summed E-state index contributed by atoms with van der Waals surface area (Å²) in [6, 6.07) is 14.2. The van der Waals surface area contributed by atoms with Crippen molar-refractivity contribution in [3.8, 4) is 23.0 Å². The standard InChI is InChI=1S/C29H34ClN3O5/c1-3-5-6-7-16-36-24-8-10-25(11-9-24)37-17-18-38-28-26(30)19-22(20-27(28)35-4-2)21-32-33-29(34)23-12-14-31-15-13-23/h8-15,19-21H,3-7,16-18H2,1-2H3,(H,33,34)/b32-21+. The van der Waals surface area contributed by atoms with E-state index in [0.717, 1.165) is 24.5 Å². The molecule has 1 heterocycles. The number of pyridine rings is 1. The number of benzene rings is 2. The molecule has 3 aromatic rings. The second-order valence-corrected chi connectivity index (χ2v) is 8.68. The molecule has 8 nitrogen and oxygen atoms in total. The lowest BCUT2D eigenvalue weighted by Gasteiger charge is -2.15. The Hall–Kier alpha value is -3.78. The zero-order chi connectivity index (χ0) is 27.0. The summed E-state index contributed by atoms with van der Waals surface area (Å²) < 4.78 is 23.1. The number of amides is 1. The van der Waals surface area contributed by atoms with Crippen LogP contribution in [0.25, 0.3) is 0 Å². The zero-order valence-corrected chi connectivity index (χ0v) is 22.6. The topological polar surface area (TPSA) is 91.3 Å². The van der Waals surface area contributed by atoms with Crippen molar-refractivity contribution >= 4 is 23.7 Å². The van der Waals surface area contributed by atoms with Crippen molar-refractivity contribution in [3.05, 3.63) is 77.1 Å². The number of hydrogen-bond donors (Lipinski definition) is 1. The van der Waals surface area contributed by atoms with E-state index in [1.54, 1.807) is 36.7 Å². The summed E-state index contributed by atoms with van der Waals surface area (Å²) in [6.07, 6.45) is 9.27. The van der Waals surface area contributed by atoms with Crippen LogP contribution in [0, 0.1) is 0 Å². The normalized spacial score (nSPS) is 10.8. The molecule has 202 valence electrons. The lowest BCUT2D eigenvalue weighted by Crippen LogP contribution is -2.17. The molecule has 38 heavy (non-hydrogen) atoms. The summed E-state index contributed by atoms with van der Waals surface area (Å²) in [6.45, 7) is 5.81. The molecule has 3 rings (SSSR count). The molecule has 0 aliphatic rings. The van der Waals surface area contributed by atoms with Gasteiger partial charge >= 0.3 is 0 Å². The van der Waals surface area contributed by atoms with Gasteiger partial charge in [-0.2, -0.15) is 5.10 Å². The van der Waals surface area contributed by atoms with Gasteiger partial charge in [-0.15, -0.1) is 0 Å². The maximum atomic E-state index is 12.1. The number of nitrogens with one attached hydrogen (secondary N) is 1. The number of aromatic nitrogens is 1. The molecule has 0 spiro atoms. The van der Waals surface area contributed by atoms with Gasteiger partial charge in [0.25, 0.3) is 5.91 Å². The highest BCUT2D eigenvalue weighted by Gasteiger charge is 2.13.